The molecule has 4 nitrogen and oxygen atoms in total. The van der Waals surface area contributed by atoms with Crippen LogP contribution in [0.4, 0.5) is 0 Å². The summed E-state index contributed by atoms with van der Waals surface area (Å²) in [6, 6.07) is 0.300. The third-order valence-electron chi connectivity index (χ3n) is 1.82. The smallest absolute Gasteiger partial charge is 0.189 e. The maximum atomic E-state index is 11.4. The van der Waals surface area contributed by atoms with E-state index in [0.717, 1.165) is 0 Å². The molecule has 5 heteroatoms. The van der Waals surface area contributed by atoms with Crippen molar-refractivity contribution in [3.05, 3.63) is 18.2 Å². The van der Waals surface area contributed by atoms with E-state index < -0.39 is 0 Å². The van der Waals surface area contributed by atoms with Crippen molar-refractivity contribution in [1.82, 2.24) is 9.55 Å². The van der Waals surface area contributed by atoms with E-state index in [1.54, 1.807) is 12.5 Å². The standard InChI is InChI=1S/C9H13N3OS/c1-6(2)12-4-7(11-5-12)8(13)3-9(10)14/h4-6H,3H2,1-2H3,(H2,10,14). The Hall–Kier alpha value is -1.23. The minimum Gasteiger partial charge on any atom is -0.393 e. The first-order chi connectivity index (χ1) is 6.50. The predicted molar refractivity (Wildman–Crippen MR) is 58.3 cm³/mol. The number of nitrogens with zero attached hydrogens (tertiary/aromatic N) is 2. The summed E-state index contributed by atoms with van der Waals surface area (Å²) in [4.78, 5) is 15.6. The Balaban J connectivity index is 2.76. The summed E-state index contributed by atoms with van der Waals surface area (Å²) in [5.74, 6) is -0.128. The number of hydrogen-bond acceptors (Lipinski definition) is 3. The number of carbonyl (C=O) groups excluding carboxylic acids is 1. The predicted octanol–water partition coefficient (Wildman–Crippen LogP) is 1.32. The van der Waals surface area contributed by atoms with E-state index in [4.69, 9.17) is 5.73 Å². The molecule has 1 aromatic heterocycles. The Kier molecular flexibility index (Phi) is 3.35. The van der Waals surface area contributed by atoms with Gasteiger partial charge in [-0.2, -0.15) is 0 Å². The lowest BCUT2D eigenvalue weighted by Crippen LogP contribution is -2.14. The zero-order chi connectivity index (χ0) is 10.7. The summed E-state index contributed by atoms with van der Waals surface area (Å²) in [6.07, 6.45) is 3.44. The van der Waals surface area contributed by atoms with Crippen molar-refractivity contribution in [3.8, 4) is 0 Å². The molecule has 2 N–H and O–H groups in total. The van der Waals surface area contributed by atoms with Gasteiger partial charge in [-0.25, -0.2) is 4.98 Å². The van der Waals surface area contributed by atoms with Gasteiger partial charge >= 0.3 is 0 Å². The summed E-state index contributed by atoms with van der Waals surface area (Å²) >= 11 is 4.65. The van der Waals surface area contributed by atoms with Crippen molar-refractivity contribution < 1.29 is 4.79 Å². The molecule has 0 saturated carbocycles. The van der Waals surface area contributed by atoms with Gasteiger partial charge in [-0.1, -0.05) is 12.2 Å². The highest BCUT2D eigenvalue weighted by molar-refractivity contribution is 7.80. The van der Waals surface area contributed by atoms with E-state index in [2.05, 4.69) is 17.2 Å². The van der Waals surface area contributed by atoms with Gasteiger partial charge in [0.05, 0.1) is 17.7 Å². The number of imidazole rings is 1. The van der Waals surface area contributed by atoms with Crippen LogP contribution in [-0.4, -0.2) is 20.3 Å². The molecule has 14 heavy (non-hydrogen) atoms. The van der Waals surface area contributed by atoms with Crippen LogP contribution in [0.3, 0.4) is 0 Å². The Morgan fingerprint density at radius 2 is 2.36 bits per heavy atom. The van der Waals surface area contributed by atoms with Crippen molar-refractivity contribution in [3.63, 3.8) is 0 Å². The molecule has 0 saturated heterocycles. The van der Waals surface area contributed by atoms with Gasteiger partial charge < -0.3 is 10.3 Å². The third-order valence-corrected chi connectivity index (χ3v) is 1.96. The second-order valence-corrected chi connectivity index (χ2v) is 3.89. The van der Waals surface area contributed by atoms with Gasteiger partial charge in [-0.3, -0.25) is 4.79 Å². The molecule has 1 rings (SSSR count). The van der Waals surface area contributed by atoms with Gasteiger partial charge in [0, 0.05) is 12.2 Å². The van der Waals surface area contributed by atoms with Crippen molar-refractivity contribution in [2.45, 2.75) is 26.3 Å². The van der Waals surface area contributed by atoms with Gasteiger partial charge in [0.1, 0.15) is 5.69 Å². The van der Waals surface area contributed by atoms with Crippen LogP contribution in [0.25, 0.3) is 0 Å². The molecule has 0 aromatic carbocycles. The number of Topliss-reactive ketones (excluding diaryl/α,β-unsaturated/α-hetero) is 1. The number of rotatable bonds is 4. The van der Waals surface area contributed by atoms with Crippen LogP contribution in [-0.2, 0) is 0 Å². The van der Waals surface area contributed by atoms with E-state index in [0.29, 0.717) is 11.7 Å². The van der Waals surface area contributed by atoms with Crippen LogP contribution in [0.15, 0.2) is 12.5 Å². The molecule has 0 amide bonds. The van der Waals surface area contributed by atoms with Gasteiger partial charge in [-0.05, 0) is 13.8 Å². The zero-order valence-electron chi connectivity index (χ0n) is 8.23. The van der Waals surface area contributed by atoms with Crippen LogP contribution in [0, 0.1) is 0 Å². The molecule has 1 heterocycles. The Bertz CT molecular complexity index is 357. The van der Waals surface area contributed by atoms with Crippen molar-refractivity contribution >= 4 is 23.0 Å². The highest BCUT2D eigenvalue weighted by Crippen LogP contribution is 2.07. The molecule has 0 unspecified atom stereocenters. The third kappa shape index (κ3) is 2.63. The van der Waals surface area contributed by atoms with Crippen molar-refractivity contribution in [2.75, 3.05) is 0 Å². The van der Waals surface area contributed by atoms with E-state index in [1.807, 2.05) is 18.4 Å². The number of aromatic nitrogens is 2. The maximum absolute atomic E-state index is 11.4. The molecule has 0 bridgehead atoms. The molecule has 0 spiro atoms. The minimum atomic E-state index is -0.128. The maximum Gasteiger partial charge on any atom is 0.189 e. The fourth-order valence-electron chi connectivity index (χ4n) is 1.01. The lowest BCUT2D eigenvalue weighted by Gasteiger charge is -2.03. The molecule has 0 atom stereocenters. The largest absolute Gasteiger partial charge is 0.393 e. The summed E-state index contributed by atoms with van der Waals surface area (Å²) in [5.41, 5.74) is 5.70. The highest BCUT2D eigenvalue weighted by Gasteiger charge is 2.11. The molecule has 76 valence electrons. The Morgan fingerprint density at radius 3 is 2.79 bits per heavy atom. The fraction of sp³-hybridized carbons (Fsp3) is 0.444. The van der Waals surface area contributed by atoms with Gasteiger partial charge in [0.2, 0.25) is 0 Å². The number of thiocarbonyl (C=S) groups is 1. The Morgan fingerprint density at radius 1 is 1.71 bits per heavy atom. The molecular formula is C9H13N3OS. The van der Waals surface area contributed by atoms with Crippen LogP contribution < -0.4 is 5.73 Å². The lowest BCUT2D eigenvalue weighted by atomic mass is 10.2. The van der Waals surface area contributed by atoms with Crippen LogP contribution in [0.5, 0.6) is 0 Å². The first-order valence-corrected chi connectivity index (χ1v) is 4.76. The highest BCUT2D eigenvalue weighted by atomic mass is 32.1. The molecule has 0 aliphatic rings. The molecule has 1 aromatic rings. The summed E-state index contributed by atoms with van der Waals surface area (Å²) in [5, 5.41) is 0. The van der Waals surface area contributed by atoms with E-state index in [-0.39, 0.29) is 17.2 Å². The van der Waals surface area contributed by atoms with Crippen molar-refractivity contribution in [2.24, 2.45) is 5.73 Å². The summed E-state index contributed by atoms with van der Waals surface area (Å²) in [7, 11) is 0. The van der Waals surface area contributed by atoms with E-state index in [1.165, 1.54) is 0 Å². The second kappa shape index (κ2) is 4.32. The Labute approximate surface area is 88.1 Å². The van der Waals surface area contributed by atoms with E-state index in [9.17, 15) is 4.79 Å². The summed E-state index contributed by atoms with van der Waals surface area (Å²) < 4.78 is 1.87. The fourth-order valence-corrected chi connectivity index (χ4v) is 1.14. The summed E-state index contributed by atoms with van der Waals surface area (Å²) in [6.45, 7) is 4.03. The average molecular weight is 211 g/mol. The van der Waals surface area contributed by atoms with Crippen LogP contribution in [0.1, 0.15) is 36.8 Å². The number of carbonyl (C=O) groups is 1. The van der Waals surface area contributed by atoms with Gasteiger partial charge in [0.15, 0.2) is 5.78 Å². The SMILES string of the molecule is CC(C)n1cnc(C(=O)CC(N)=S)c1. The topological polar surface area (TPSA) is 60.9 Å². The van der Waals surface area contributed by atoms with Crippen LogP contribution in [0.2, 0.25) is 0 Å². The van der Waals surface area contributed by atoms with Gasteiger partial charge in [0.25, 0.3) is 0 Å². The number of hydrogen-bond donors (Lipinski definition) is 1. The molecule has 0 aliphatic heterocycles. The van der Waals surface area contributed by atoms with E-state index >= 15 is 0 Å². The first-order valence-electron chi connectivity index (χ1n) is 4.35. The van der Waals surface area contributed by atoms with Gasteiger partial charge in [-0.15, -0.1) is 0 Å². The second-order valence-electron chi connectivity index (χ2n) is 3.37. The quantitative estimate of drug-likeness (QED) is 0.602. The van der Waals surface area contributed by atoms with Crippen molar-refractivity contribution in [1.29, 1.82) is 0 Å². The monoisotopic (exact) mass is 211 g/mol. The first kappa shape index (κ1) is 10.8. The molecule has 0 aliphatic carbocycles. The molecule has 0 fully saturated rings. The number of ketones is 1. The molecular weight excluding hydrogens is 198 g/mol. The number of nitrogens with two attached hydrogens (primary N) is 1. The average Bonchev–Trinajstić information content (AvgIpc) is 2.50. The minimum absolute atomic E-state index is 0.0877. The van der Waals surface area contributed by atoms with Crippen LogP contribution >= 0.6 is 12.2 Å². The normalized spacial score (nSPS) is 10.5. The zero-order valence-corrected chi connectivity index (χ0v) is 9.04. The lowest BCUT2D eigenvalue weighted by molar-refractivity contribution is 0.0996. The molecule has 0 radical (unpaired) electrons.